The van der Waals surface area contributed by atoms with Gasteiger partial charge < -0.3 is 10.1 Å². The molecule has 1 N–H and O–H groups in total. The van der Waals surface area contributed by atoms with Crippen molar-refractivity contribution in [1.82, 2.24) is 5.32 Å². The first-order chi connectivity index (χ1) is 9.16. The van der Waals surface area contributed by atoms with Crippen LogP contribution in [0.1, 0.15) is 44.8 Å². The first-order valence-electron chi connectivity index (χ1n) is 7.26. The number of nitrogens with one attached hydrogen (secondary N) is 1. The SMILES string of the molecule is CC(C)CCOC(CNC1CC1)c1ccccc1Cl. The normalized spacial score (nSPS) is 16.8. The molecule has 1 aliphatic carbocycles. The third kappa shape index (κ3) is 5.13. The van der Waals surface area contributed by atoms with Crippen molar-refractivity contribution in [2.24, 2.45) is 5.92 Å². The molecule has 3 heteroatoms. The fourth-order valence-electron chi connectivity index (χ4n) is 2.00. The molecule has 106 valence electrons. The van der Waals surface area contributed by atoms with Gasteiger partial charge in [0.05, 0.1) is 6.10 Å². The molecule has 0 radical (unpaired) electrons. The topological polar surface area (TPSA) is 21.3 Å². The predicted molar refractivity (Wildman–Crippen MR) is 80.6 cm³/mol. The number of hydrogen-bond donors (Lipinski definition) is 1. The molecule has 0 spiro atoms. The van der Waals surface area contributed by atoms with E-state index in [1.165, 1.54) is 12.8 Å². The Morgan fingerprint density at radius 1 is 1.32 bits per heavy atom. The van der Waals surface area contributed by atoms with E-state index < -0.39 is 0 Å². The van der Waals surface area contributed by atoms with Crippen LogP contribution in [0.5, 0.6) is 0 Å². The Hall–Kier alpha value is -0.570. The molecule has 1 unspecified atom stereocenters. The zero-order valence-corrected chi connectivity index (χ0v) is 12.6. The zero-order valence-electron chi connectivity index (χ0n) is 11.9. The summed E-state index contributed by atoms with van der Waals surface area (Å²) in [4.78, 5) is 0. The average Bonchev–Trinajstić information content (AvgIpc) is 3.18. The summed E-state index contributed by atoms with van der Waals surface area (Å²) in [6, 6.07) is 8.69. The van der Waals surface area contributed by atoms with Gasteiger partial charge in [0.2, 0.25) is 0 Å². The van der Waals surface area contributed by atoms with Crippen molar-refractivity contribution >= 4 is 11.6 Å². The third-order valence-electron chi connectivity index (χ3n) is 3.44. The number of rotatable bonds is 8. The van der Waals surface area contributed by atoms with Crippen LogP contribution in [-0.2, 0) is 4.74 Å². The fourth-order valence-corrected chi connectivity index (χ4v) is 2.26. The lowest BCUT2D eigenvalue weighted by Gasteiger charge is -2.20. The molecule has 2 nitrogen and oxygen atoms in total. The quantitative estimate of drug-likeness (QED) is 0.771. The summed E-state index contributed by atoms with van der Waals surface area (Å²) in [5, 5.41) is 4.34. The molecule has 0 amide bonds. The number of hydrogen-bond acceptors (Lipinski definition) is 2. The first kappa shape index (κ1) is 14.8. The molecular weight excluding hydrogens is 258 g/mol. The molecule has 2 rings (SSSR count). The lowest BCUT2D eigenvalue weighted by molar-refractivity contribution is 0.0456. The maximum Gasteiger partial charge on any atom is 0.0963 e. The number of halogens is 1. The molecule has 0 bridgehead atoms. The smallest absolute Gasteiger partial charge is 0.0963 e. The highest BCUT2D eigenvalue weighted by Gasteiger charge is 2.23. The Morgan fingerprint density at radius 2 is 2.05 bits per heavy atom. The van der Waals surface area contributed by atoms with E-state index >= 15 is 0 Å². The Labute approximate surface area is 121 Å². The summed E-state index contributed by atoms with van der Waals surface area (Å²) in [5.74, 6) is 0.670. The molecule has 0 aromatic heterocycles. The minimum absolute atomic E-state index is 0.0630. The highest BCUT2D eigenvalue weighted by atomic mass is 35.5. The lowest BCUT2D eigenvalue weighted by atomic mass is 10.1. The van der Waals surface area contributed by atoms with Gasteiger partial charge >= 0.3 is 0 Å². The summed E-state index contributed by atoms with van der Waals surface area (Å²) >= 11 is 6.28. The van der Waals surface area contributed by atoms with Crippen LogP contribution in [0.25, 0.3) is 0 Å². The van der Waals surface area contributed by atoms with Crippen LogP contribution in [0.3, 0.4) is 0 Å². The van der Waals surface area contributed by atoms with Gasteiger partial charge in [0, 0.05) is 29.8 Å². The lowest BCUT2D eigenvalue weighted by Crippen LogP contribution is -2.25. The van der Waals surface area contributed by atoms with Gasteiger partial charge in [0.25, 0.3) is 0 Å². The summed E-state index contributed by atoms with van der Waals surface area (Å²) in [5.41, 5.74) is 1.10. The number of ether oxygens (including phenoxy) is 1. The van der Waals surface area contributed by atoms with Gasteiger partial charge in [0.1, 0.15) is 0 Å². The first-order valence-corrected chi connectivity index (χ1v) is 7.64. The van der Waals surface area contributed by atoms with Crippen molar-refractivity contribution in [3.63, 3.8) is 0 Å². The zero-order chi connectivity index (χ0) is 13.7. The molecule has 1 aromatic carbocycles. The largest absolute Gasteiger partial charge is 0.372 e. The van der Waals surface area contributed by atoms with Gasteiger partial charge in [-0.15, -0.1) is 0 Å². The predicted octanol–water partition coefficient (Wildman–Crippen LogP) is 4.20. The maximum absolute atomic E-state index is 6.28. The molecule has 1 atom stereocenters. The molecule has 0 saturated heterocycles. The van der Waals surface area contributed by atoms with E-state index in [4.69, 9.17) is 16.3 Å². The van der Waals surface area contributed by atoms with E-state index in [1.807, 2.05) is 18.2 Å². The Balaban J connectivity index is 1.93. The molecule has 0 heterocycles. The molecular formula is C16H24ClNO. The van der Waals surface area contributed by atoms with E-state index in [1.54, 1.807) is 0 Å². The Kier molecular flexibility index (Phi) is 5.68. The minimum atomic E-state index is 0.0630. The maximum atomic E-state index is 6.28. The van der Waals surface area contributed by atoms with E-state index in [9.17, 15) is 0 Å². The van der Waals surface area contributed by atoms with Gasteiger partial charge in [-0.3, -0.25) is 0 Å². The third-order valence-corrected chi connectivity index (χ3v) is 3.78. The summed E-state index contributed by atoms with van der Waals surface area (Å²) in [6.45, 7) is 6.08. The fraction of sp³-hybridized carbons (Fsp3) is 0.625. The minimum Gasteiger partial charge on any atom is -0.372 e. The Morgan fingerprint density at radius 3 is 2.68 bits per heavy atom. The van der Waals surface area contributed by atoms with Crippen molar-refractivity contribution in [2.45, 2.75) is 45.3 Å². The van der Waals surface area contributed by atoms with E-state index in [2.05, 4.69) is 25.2 Å². The van der Waals surface area contributed by atoms with Crippen molar-refractivity contribution in [1.29, 1.82) is 0 Å². The van der Waals surface area contributed by atoms with Crippen LogP contribution in [0.2, 0.25) is 5.02 Å². The van der Waals surface area contributed by atoms with Crippen LogP contribution >= 0.6 is 11.6 Å². The van der Waals surface area contributed by atoms with E-state index in [-0.39, 0.29) is 6.10 Å². The molecule has 1 aliphatic rings. The summed E-state index contributed by atoms with van der Waals surface area (Å²) < 4.78 is 6.05. The molecule has 1 aromatic rings. The van der Waals surface area contributed by atoms with E-state index in [0.29, 0.717) is 12.0 Å². The molecule has 1 fully saturated rings. The van der Waals surface area contributed by atoms with Gasteiger partial charge in [-0.05, 0) is 31.2 Å². The van der Waals surface area contributed by atoms with Crippen LogP contribution in [0.4, 0.5) is 0 Å². The van der Waals surface area contributed by atoms with Crippen LogP contribution in [0, 0.1) is 5.92 Å². The monoisotopic (exact) mass is 281 g/mol. The molecule has 1 saturated carbocycles. The second-order valence-corrected chi connectivity index (χ2v) is 6.15. The Bertz CT molecular complexity index is 390. The van der Waals surface area contributed by atoms with Crippen molar-refractivity contribution in [3.05, 3.63) is 34.9 Å². The molecule has 19 heavy (non-hydrogen) atoms. The van der Waals surface area contributed by atoms with Crippen molar-refractivity contribution < 1.29 is 4.74 Å². The second-order valence-electron chi connectivity index (χ2n) is 5.75. The van der Waals surface area contributed by atoms with Crippen LogP contribution < -0.4 is 5.32 Å². The highest BCUT2D eigenvalue weighted by molar-refractivity contribution is 6.31. The number of benzene rings is 1. The van der Waals surface area contributed by atoms with Crippen LogP contribution in [-0.4, -0.2) is 19.2 Å². The van der Waals surface area contributed by atoms with Crippen LogP contribution in [0.15, 0.2) is 24.3 Å². The summed E-state index contributed by atoms with van der Waals surface area (Å²) in [7, 11) is 0. The van der Waals surface area contributed by atoms with Gasteiger partial charge in [-0.25, -0.2) is 0 Å². The second kappa shape index (κ2) is 7.28. The average molecular weight is 282 g/mol. The highest BCUT2D eigenvalue weighted by Crippen LogP contribution is 2.27. The van der Waals surface area contributed by atoms with Crippen molar-refractivity contribution in [2.75, 3.05) is 13.2 Å². The standard InChI is InChI=1S/C16H24ClNO/c1-12(2)9-10-19-16(11-18-13-7-8-13)14-5-3-4-6-15(14)17/h3-6,12-13,16,18H,7-11H2,1-2H3. The molecule has 0 aliphatic heterocycles. The van der Waals surface area contributed by atoms with Crippen molar-refractivity contribution in [3.8, 4) is 0 Å². The van der Waals surface area contributed by atoms with Gasteiger partial charge in [-0.1, -0.05) is 43.6 Å². The van der Waals surface area contributed by atoms with Gasteiger partial charge in [-0.2, -0.15) is 0 Å². The van der Waals surface area contributed by atoms with Gasteiger partial charge in [0.15, 0.2) is 0 Å². The summed E-state index contributed by atoms with van der Waals surface area (Å²) in [6.07, 6.45) is 3.74. The van der Waals surface area contributed by atoms with E-state index in [0.717, 1.165) is 30.2 Å².